The molecule has 2 aromatic rings. The summed E-state index contributed by atoms with van der Waals surface area (Å²) in [5.74, 6) is 0.386. The highest BCUT2D eigenvalue weighted by Crippen LogP contribution is 2.36. The molecule has 2 aromatic carbocycles. The smallest absolute Gasteiger partial charge is 0.121 e. The first kappa shape index (κ1) is 9.43. The van der Waals surface area contributed by atoms with Crippen LogP contribution in [-0.2, 0) is 6.54 Å². The molecule has 1 atom stereocenters. The highest BCUT2D eigenvalue weighted by Gasteiger charge is 2.25. The topological polar surface area (TPSA) is 32.3 Å². The molecule has 1 aliphatic heterocycles. The maximum atomic E-state index is 9.92. The molecule has 3 rings (SSSR count). The van der Waals surface area contributed by atoms with E-state index in [2.05, 4.69) is 23.5 Å². The number of fused-ring (bicyclic) bond motifs is 1. The largest absolute Gasteiger partial charge is 0.508 e. The average molecular weight is 211 g/mol. The van der Waals surface area contributed by atoms with Crippen molar-refractivity contribution in [2.24, 2.45) is 0 Å². The van der Waals surface area contributed by atoms with Gasteiger partial charge in [-0.1, -0.05) is 42.5 Å². The van der Waals surface area contributed by atoms with Crippen LogP contribution in [0.1, 0.15) is 22.7 Å². The van der Waals surface area contributed by atoms with Crippen molar-refractivity contribution >= 4 is 0 Å². The highest BCUT2D eigenvalue weighted by atomic mass is 16.3. The normalized spacial score (nSPS) is 18.4. The zero-order valence-electron chi connectivity index (χ0n) is 8.85. The van der Waals surface area contributed by atoms with Crippen molar-refractivity contribution in [1.29, 1.82) is 0 Å². The van der Waals surface area contributed by atoms with Crippen LogP contribution in [0.3, 0.4) is 0 Å². The maximum absolute atomic E-state index is 9.92. The van der Waals surface area contributed by atoms with Crippen LogP contribution >= 0.6 is 0 Å². The number of nitrogens with one attached hydrogen (secondary N) is 1. The van der Waals surface area contributed by atoms with Crippen molar-refractivity contribution in [1.82, 2.24) is 5.32 Å². The molecule has 2 nitrogen and oxygen atoms in total. The van der Waals surface area contributed by atoms with Crippen LogP contribution in [0.5, 0.6) is 5.75 Å². The van der Waals surface area contributed by atoms with Crippen molar-refractivity contribution in [2.45, 2.75) is 12.6 Å². The third-order valence-corrected chi connectivity index (χ3v) is 3.09. The van der Waals surface area contributed by atoms with Gasteiger partial charge in [0.2, 0.25) is 0 Å². The summed E-state index contributed by atoms with van der Waals surface area (Å²) >= 11 is 0. The van der Waals surface area contributed by atoms with Gasteiger partial charge < -0.3 is 10.4 Å². The first-order valence-electron chi connectivity index (χ1n) is 5.45. The minimum Gasteiger partial charge on any atom is -0.508 e. The van der Waals surface area contributed by atoms with E-state index >= 15 is 0 Å². The van der Waals surface area contributed by atoms with Crippen molar-refractivity contribution in [3.63, 3.8) is 0 Å². The first-order valence-corrected chi connectivity index (χ1v) is 5.45. The van der Waals surface area contributed by atoms with Gasteiger partial charge in [0.05, 0.1) is 6.04 Å². The summed E-state index contributed by atoms with van der Waals surface area (Å²) in [7, 11) is 0. The minimum absolute atomic E-state index is 0.123. The van der Waals surface area contributed by atoms with Crippen molar-refractivity contribution in [3.8, 4) is 5.75 Å². The fourth-order valence-corrected chi connectivity index (χ4v) is 2.33. The zero-order valence-corrected chi connectivity index (χ0v) is 8.85. The van der Waals surface area contributed by atoms with Gasteiger partial charge in [0, 0.05) is 12.1 Å². The standard InChI is InChI=1S/C14H13NO/c16-12-8-4-7-11-9-15-14(13(11)12)10-5-2-1-3-6-10/h1-8,14-16H,9H2. The Morgan fingerprint density at radius 2 is 1.81 bits per heavy atom. The molecule has 0 fully saturated rings. The fourth-order valence-electron chi connectivity index (χ4n) is 2.33. The monoisotopic (exact) mass is 211 g/mol. The van der Waals surface area contributed by atoms with Crippen LogP contribution in [0.4, 0.5) is 0 Å². The van der Waals surface area contributed by atoms with Gasteiger partial charge in [0.1, 0.15) is 5.75 Å². The average Bonchev–Trinajstić information content (AvgIpc) is 2.75. The summed E-state index contributed by atoms with van der Waals surface area (Å²) < 4.78 is 0. The van der Waals surface area contributed by atoms with Crippen LogP contribution in [0.15, 0.2) is 48.5 Å². The molecule has 2 heteroatoms. The number of benzene rings is 2. The molecule has 1 unspecified atom stereocenters. The van der Waals surface area contributed by atoms with Gasteiger partial charge in [-0.2, -0.15) is 0 Å². The molecule has 0 bridgehead atoms. The predicted octanol–water partition coefficient (Wildman–Crippen LogP) is 2.58. The summed E-state index contributed by atoms with van der Waals surface area (Å²) in [5.41, 5.74) is 3.41. The lowest BCUT2D eigenvalue weighted by Crippen LogP contribution is -2.13. The molecule has 80 valence electrons. The SMILES string of the molecule is Oc1cccc2c1C(c1ccccc1)NC2. The van der Waals surface area contributed by atoms with Crippen molar-refractivity contribution < 1.29 is 5.11 Å². The van der Waals surface area contributed by atoms with Gasteiger partial charge in [-0.25, -0.2) is 0 Å². The zero-order chi connectivity index (χ0) is 11.0. The first-order chi connectivity index (χ1) is 7.86. The summed E-state index contributed by atoms with van der Waals surface area (Å²) in [6.45, 7) is 0.823. The van der Waals surface area contributed by atoms with E-state index in [4.69, 9.17) is 0 Å². The second kappa shape index (κ2) is 3.65. The van der Waals surface area contributed by atoms with Crippen LogP contribution in [0.2, 0.25) is 0 Å². The van der Waals surface area contributed by atoms with Crippen LogP contribution in [0.25, 0.3) is 0 Å². The molecule has 0 saturated heterocycles. The van der Waals surface area contributed by atoms with E-state index in [9.17, 15) is 5.11 Å². The second-order valence-electron chi connectivity index (χ2n) is 4.07. The van der Waals surface area contributed by atoms with Gasteiger partial charge >= 0.3 is 0 Å². The van der Waals surface area contributed by atoms with Gasteiger partial charge in [-0.3, -0.25) is 0 Å². The molecule has 0 amide bonds. The Morgan fingerprint density at radius 1 is 1.00 bits per heavy atom. The number of hydrogen-bond acceptors (Lipinski definition) is 2. The van der Waals surface area contributed by atoms with Gasteiger partial charge in [0.25, 0.3) is 0 Å². The van der Waals surface area contributed by atoms with E-state index in [0.717, 1.165) is 12.1 Å². The van der Waals surface area contributed by atoms with Crippen LogP contribution < -0.4 is 5.32 Å². The Kier molecular flexibility index (Phi) is 2.15. The molecule has 16 heavy (non-hydrogen) atoms. The molecule has 1 heterocycles. The molecule has 0 aromatic heterocycles. The third-order valence-electron chi connectivity index (χ3n) is 3.09. The summed E-state index contributed by atoms with van der Waals surface area (Å²) in [5, 5.41) is 13.3. The minimum atomic E-state index is 0.123. The number of hydrogen-bond donors (Lipinski definition) is 2. The molecular weight excluding hydrogens is 198 g/mol. The summed E-state index contributed by atoms with van der Waals surface area (Å²) in [4.78, 5) is 0. The lowest BCUT2D eigenvalue weighted by Gasteiger charge is -2.13. The fraction of sp³-hybridized carbons (Fsp3) is 0.143. The Hall–Kier alpha value is -1.80. The molecule has 2 N–H and O–H groups in total. The Morgan fingerprint density at radius 3 is 2.62 bits per heavy atom. The maximum Gasteiger partial charge on any atom is 0.121 e. The number of aromatic hydroxyl groups is 1. The van der Waals surface area contributed by atoms with E-state index in [0.29, 0.717) is 5.75 Å². The van der Waals surface area contributed by atoms with Crippen molar-refractivity contribution in [2.75, 3.05) is 0 Å². The molecule has 0 aliphatic carbocycles. The third kappa shape index (κ3) is 1.39. The second-order valence-corrected chi connectivity index (χ2v) is 4.07. The summed E-state index contributed by atoms with van der Waals surface area (Å²) in [6.07, 6.45) is 0. The lowest BCUT2D eigenvalue weighted by atomic mass is 9.98. The quantitative estimate of drug-likeness (QED) is 0.760. The number of phenolic OH excluding ortho intramolecular Hbond substituents is 1. The number of phenols is 1. The number of rotatable bonds is 1. The van der Waals surface area contributed by atoms with Crippen LogP contribution in [0, 0.1) is 0 Å². The van der Waals surface area contributed by atoms with Gasteiger partial charge in [-0.15, -0.1) is 0 Å². The van der Waals surface area contributed by atoms with E-state index in [1.807, 2.05) is 24.3 Å². The lowest BCUT2D eigenvalue weighted by molar-refractivity contribution is 0.464. The molecule has 0 saturated carbocycles. The van der Waals surface area contributed by atoms with Crippen molar-refractivity contribution in [3.05, 3.63) is 65.2 Å². The molecular formula is C14H13NO. The Labute approximate surface area is 94.6 Å². The van der Waals surface area contributed by atoms with Crippen LogP contribution in [-0.4, -0.2) is 5.11 Å². The Balaban J connectivity index is 2.10. The van der Waals surface area contributed by atoms with Gasteiger partial charge in [-0.05, 0) is 17.2 Å². The highest BCUT2D eigenvalue weighted by molar-refractivity contribution is 5.48. The van der Waals surface area contributed by atoms with E-state index in [1.165, 1.54) is 11.1 Å². The van der Waals surface area contributed by atoms with E-state index < -0.39 is 0 Å². The summed E-state index contributed by atoms with van der Waals surface area (Å²) in [6, 6.07) is 16.0. The van der Waals surface area contributed by atoms with Gasteiger partial charge in [0.15, 0.2) is 0 Å². The molecule has 0 radical (unpaired) electrons. The van der Waals surface area contributed by atoms with E-state index in [1.54, 1.807) is 6.07 Å². The molecule has 1 aliphatic rings. The van der Waals surface area contributed by atoms with E-state index in [-0.39, 0.29) is 6.04 Å². The molecule has 0 spiro atoms. The predicted molar refractivity (Wildman–Crippen MR) is 63.2 cm³/mol. The Bertz CT molecular complexity index is 507.